The third-order valence-corrected chi connectivity index (χ3v) is 3.84. The maximum atomic E-state index is 9.09. The Bertz CT molecular complexity index is 470. The van der Waals surface area contributed by atoms with Crippen molar-refractivity contribution in [3.8, 4) is 6.07 Å². The highest BCUT2D eigenvalue weighted by atomic mass is 15.3. The van der Waals surface area contributed by atoms with Crippen molar-refractivity contribution in [1.29, 1.82) is 5.26 Å². The summed E-state index contributed by atoms with van der Waals surface area (Å²) in [5, 5.41) is 9.09. The van der Waals surface area contributed by atoms with Crippen LogP contribution in [0.4, 0.5) is 5.69 Å². The van der Waals surface area contributed by atoms with E-state index in [2.05, 4.69) is 68.0 Å². The molecule has 0 radical (unpaired) electrons. The van der Waals surface area contributed by atoms with Gasteiger partial charge in [-0.25, -0.2) is 0 Å². The largest absolute Gasteiger partial charge is 0.360 e. The average Bonchev–Trinajstić information content (AvgIpc) is 2.30. The van der Waals surface area contributed by atoms with Gasteiger partial charge in [0.05, 0.1) is 18.5 Å². The number of likely N-dealkylation sites (N-methyl/N-ethyl adjacent to an activating group) is 1. The van der Waals surface area contributed by atoms with E-state index in [4.69, 9.17) is 5.26 Å². The molecule has 1 heterocycles. The van der Waals surface area contributed by atoms with Crippen LogP contribution in [0.3, 0.4) is 0 Å². The first-order valence-corrected chi connectivity index (χ1v) is 6.85. The van der Waals surface area contributed by atoms with Gasteiger partial charge in [0.2, 0.25) is 0 Å². The minimum atomic E-state index is 0.0454. The van der Waals surface area contributed by atoms with Gasteiger partial charge in [-0.2, -0.15) is 5.26 Å². The van der Waals surface area contributed by atoms with Crippen LogP contribution >= 0.6 is 0 Å². The third-order valence-electron chi connectivity index (χ3n) is 3.84. The second-order valence-corrected chi connectivity index (χ2v) is 6.23. The lowest BCUT2D eigenvalue weighted by Gasteiger charge is -2.52. The van der Waals surface area contributed by atoms with Crippen molar-refractivity contribution in [3.05, 3.63) is 29.8 Å². The Kier molecular flexibility index (Phi) is 3.82. The summed E-state index contributed by atoms with van der Waals surface area (Å²) >= 11 is 0. The van der Waals surface area contributed by atoms with Crippen molar-refractivity contribution in [2.75, 3.05) is 25.0 Å². The van der Waals surface area contributed by atoms with Crippen LogP contribution in [0.25, 0.3) is 0 Å². The summed E-state index contributed by atoms with van der Waals surface area (Å²) in [6.07, 6.45) is 0.571. The standard InChI is InChI=1S/C16H23N3/c1-13-5-7-14(8-6-13)19-15(9-10-17)11-18(4)12-16(19,2)3/h5-8,15H,9,11-12H2,1-4H3. The minimum absolute atomic E-state index is 0.0454. The van der Waals surface area contributed by atoms with Crippen molar-refractivity contribution in [3.63, 3.8) is 0 Å². The molecule has 19 heavy (non-hydrogen) atoms. The number of aryl methyl sites for hydroxylation is 1. The van der Waals surface area contributed by atoms with Crippen molar-refractivity contribution >= 4 is 5.69 Å². The first-order chi connectivity index (χ1) is 8.94. The fourth-order valence-electron chi connectivity index (χ4n) is 3.26. The zero-order valence-corrected chi connectivity index (χ0v) is 12.3. The molecule has 102 valence electrons. The van der Waals surface area contributed by atoms with Gasteiger partial charge in [0.1, 0.15) is 0 Å². The Morgan fingerprint density at radius 2 is 1.95 bits per heavy atom. The summed E-state index contributed by atoms with van der Waals surface area (Å²) in [4.78, 5) is 4.75. The SMILES string of the molecule is Cc1ccc(N2C(CC#N)CN(C)CC2(C)C)cc1. The van der Waals surface area contributed by atoms with Gasteiger partial charge < -0.3 is 9.80 Å². The number of rotatable bonds is 2. The van der Waals surface area contributed by atoms with Crippen LogP contribution in [0.2, 0.25) is 0 Å². The van der Waals surface area contributed by atoms with Crippen LogP contribution in [0.1, 0.15) is 25.8 Å². The van der Waals surface area contributed by atoms with Gasteiger partial charge in [0, 0.05) is 24.3 Å². The fourth-order valence-corrected chi connectivity index (χ4v) is 3.26. The Balaban J connectivity index is 2.36. The summed E-state index contributed by atoms with van der Waals surface area (Å²) < 4.78 is 0. The number of benzene rings is 1. The highest BCUT2D eigenvalue weighted by molar-refractivity contribution is 5.52. The lowest BCUT2D eigenvalue weighted by atomic mass is 9.92. The van der Waals surface area contributed by atoms with Crippen molar-refractivity contribution in [2.45, 2.75) is 38.8 Å². The molecule has 0 N–H and O–H groups in total. The third kappa shape index (κ3) is 2.90. The van der Waals surface area contributed by atoms with E-state index in [9.17, 15) is 0 Å². The highest BCUT2D eigenvalue weighted by Crippen LogP contribution is 2.32. The maximum absolute atomic E-state index is 9.09. The molecule has 0 spiro atoms. The molecule has 1 saturated heterocycles. The zero-order valence-electron chi connectivity index (χ0n) is 12.3. The molecule has 2 rings (SSSR count). The number of nitriles is 1. The molecule has 1 fully saturated rings. The van der Waals surface area contributed by atoms with Gasteiger partial charge in [-0.3, -0.25) is 0 Å². The molecule has 0 bridgehead atoms. The zero-order chi connectivity index (χ0) is 14.0. The smallest absolute Gasteiger partial charge is 0.0643 e. The predicted molar refractivity (Wildman–Crippen MR) is 79.3 cm³/mol. The van der Waals surface area contributed by atoms with Gasteiger partial charge in [-0.1, -0.05) is 17.7 Å². The first-order valence-electron chi connectivity index (χ1n) is 6.85. The number of hydrogen-bond donors (Lipinski definition) is 0. The number of anilines is 1. The molecule has 0 aromatic heterocycles. The Labute approximate surface area is 116 Å². The molecule has 1 aromatic rings. The van der Waals surface area contributed by atoms with Crippen molar-refractivity contribution in [1.82, 2.24) is 4.90 Å². The van der Waals surface area contributed by atoms with E-state index in [-0.39, 0.29) is 11.6 Å². The van der Waals surface area contributed by atoms with Gasteiger partial charge in [-0.05, 0) is 40.0 Å². The van der Waals surface area contributed by atoms with Crippen molar-refractivity contribution in [2.24, 2.45) is 0 Å². The van der Waals surface area contributed by atoms with Gasteiger partial charge in [0.15, 0.2) is 0 Å². The lowest BCUT2D eigenvalue weighted by Crippen LogP contribution is -2.63. The summed E-state index contributed by atoms with van der Waals surface area (Å²) in [6.45, 7) is 8.58. The van der Waals surface area contributed by atoms with Crippen LogP contribution < -0.4 is 4.90 Å². The first kappa shape index (κ1) is 13.9. The van der Waals surface area contributed by atoms with E-state index < -0.39 is 0 Å². The summed E-state index contributed by atoms with van der Waals surface area (Å²) in [5.74, 6) is 0. The highest BCUT2D eigenvalue weighted by Gasteiger charge is 2.38. The topological polar surface area (TPSA) is 30.3 Å². The molecule has 1 aliphatic heterocycles. The normalized spacial score (nSPS) is 23.1. The predicted octanol–water partition coefficient (Wildman–Crippen LogP) is 2.81. The van der Waals surface area contributed by atoms with Gasteiger partial charge in [0.25, 0.3) is 0 Å². The van der Waals surface area contributed by atoms with E-state index in [1.54, 1.807) is 0 Å². The summed E-state index contributed by atoms with van der Waals surface area (Å²) in [6, 6.07) is 11.2. The van der Waals surface area contributed by atoms with Crippen LogP contribution in [-0.2, 0) is 0 Å². The molecule has 1 aromatic carbocycles. The maximum Gasteiger partial charge on any atom is 0.0643 e. The molecule has 3 nitrogen and oxygen atoms in total. The summed E-state index contributed by atoms with van der Waals surface area (Å²) in [5.41, 5.74) is 2.54. The second kappa shape index (κ2) is 5.22. The van der Waals surface area contributed by atoms with Crippen LogP contribution in [-0.4, -0.2) is 36.6 Å². The Morgan fingerprint density at radius 3 is 2.53 bits per heavy atom. The van der Waals surface area contributed by atoms with Crippen molar-refractivity contribution < 1.29 is 0 Å². The van der Waals surface area contributed by atoms with E-state index in [1.807, 2.05) is 0 Å². The van der Waals surface area contributed by atoms with E-state index in [1.165, 1.54) is 11.3 Å². The van der Waals surface area contributed by atoms with E-state index >= 15 is 0 Å². The minimum Gasteiger partial charge on any atom is -0.360 e. The summed E-state index contributed by atoms with van der Waals surface area (Å²) in [7, 11) is 2.14. The molecular formula is C16H23N3. The molecule has 0 amide bonds. The lowest BCUT2D eigenvalue weighted by molar-refractivity contribution is 0.181. The molecule has 1 atom stereocenters. The monoisotopic (exact) mass is 257 g/mol. The quantitative estimate of drug-likeness (QED) is 0.816. The van der Waals surface area contributed by atoms with Gasteiger partial charge in [-0.15, -0.1) is 0 Å². The molecule has 0 saturated carbocycles. The second-order valence-electron chi connectivity index (χ2n) is 6.23. The fraction of sp³-hybridized carbons (Fsp3) is 0.562. The average molecular weight is 257 g/mol. The molecule has 1 unspecified atom stereocenters. The van der Waals surface area contributed by atoms with Crippen LogP contribution in [0.15, 0.2) is 24.3 Å². The molecular weight excluding hydrogens is 234 g/mol. The molecule has 0 aliphatic carbocycles. The molecule has 3 heteroatoms. The number of hydrogen-bond acceptors (Lipinski definition) is 3. The Morgan fingerprint density at radius 1 is 1.32 bits per heavy atom. The van der Waals surface area contributed by atoms with Crippen LogP contribution in [0, 0.1) is 18.3 Å². The van der Waals surface area contributed by atoms with E-state index in [0.717, 1.165) is 13.1 Å². The Hall–Kier alpha value is -1.53. The number of nitrogens with zero attached hydrogens (tertiary/aromatic N) is 3. The number of piperazine rings is 1. The molecule has 1 aliphatic rings. The van der Waals surface area contributed by atoms with E-state index in [0.29, 0.717) is 6.42 Å². The van der Waals surface area contributed by atoms with Gasteiger partial charge >= 0.3 is 0 Å². The van der Waals surface area contributed by atoms with Crippen LogP contribution in [0.5, 0.6) is 0 Å².